The first-order valence-electron chi connectivity index (χ1n) is 8.01. The van der Waals surface area contributed by atoms with Gasteiger partial charge in [-0.25, -0.2) is 9.59 Å². The molecule has 1 aliphatic rings. The number of carbonyl (C=O) groups is 1. The van der Waals surface area contributed by atoms with E-state index in [1.54, 1.807) is 11.9 Å². The summed E-state index contributed by atoms with van der Waals surface area (Å²) in [7, 11) is 1.68. The number of fused-ring (bicyclic) bond motifs is 1. The van der Waals surface area contributed by atoms with Gasteiger partial charge in [0.1, 0.15) is 5.60 Å². The smallest absolute Gasteiger partial charge is 0.419 e. The highest BCUT2D eigenvalue weighted by Gasteiger charge is 2.25. The van der Waals surface area contributed by atoms with Crippen molar-refractivity contribution in [2.24, 2.45) is 7.05 Å². The summed E-state index contributed by atoms with van der Waals surface area (Å²) in [6, 6.07) is 5.66. The minimum absolute atomic E-state index is 0.305. The SMILES string of the molecule is Cn1c(=O)oc2cc(C3=CCCN(C(=O)OC(C)(C)C)C3)ccc21. The number of oxazole rings is 1. The van der Waals surface area contributed by atoms with Gasteiger partial charge in [-0.3, -0.25) is 4.57 Å². The molecule has 1 aliphatic heterocycles. The van der Waals surface area contributed by atoms with Crippen molar-refractivity contribution in [1.82, 2.24) is 9.47 Å². The number of amides is 1. The van der Waals surface area contributed by atoms with Gasteiger partial charge in [0.25, 0.3) is 0 Å². The average Bonchev–Trinajstić information content (AvgIpc) is 2.80. The van der Waals surface area contributed by atoms with E-state index in [2.05, 4.69) is 6.08 Å². The molecule has 6 nitrogen and oxygen atoms in total. The van der Waals surface area contributed by atoms with Gasteiger partial charge < -0.3 is 14.1 Å². The molecular formula is C18H22N2O4. The van der Waals surface area contributed by atoms with E-state index in [9.17, 15) is 9.59 Å². The quantitative estimate of drug-likeness (QED) is 0.806. The molecule has 2 aromatic rings. The summed E-state index contributed by atoms with van der Waals surface area (Å²) in [6.07, 6.45) is 2.58. The molecule has 0 bridgehead atoms. The van der Waals surface area contributed by atoms with Gasteiger partial charge in [0, 0.05) is 20.1 Å². The van der Waals surface area contributed by atoms with Crippen LogP contribution in [0.15, 0.2) is 33.5 Å². The van der Waals surface area contributed by atoms with Gasteiger partial charge in [0.2, 0.25) is 0 Å². The van der Waals surface area contributed by atoms with Gasteiger partial charge >= 0.3 is 11.8 Å². The molecular weight excluding hydrogens is 308 g/mol. The molecule has 0 spiro atoms. The minimum Gasteiger partial charge on any atom is -0.444 e. The van der Waals surface area contributed by atoms with Crippen molar-refractivity contribution in [3.05, 3.63) is 40.4 Å². The van der Waals surface area contributed by atoms with Crippen LogP contribution in [-0.4, -0.2) is 34.3 Å². The van der Waals surface area contributed by atoms with Gasteiger partial charge in [-0.05, 0) is 50.5 Å². The maximum absolute atomic E-state index is 12.3. The lowest BCUT2D eigenvalue weighted by atomic mass is 10.0. The average molecular weight is 330 g/mol. The van der Waals surface area contributed by atoms with Crippen molar-refractivity contribution >= 4 is 22.8 Å². The van der Waals surface area contributed by atoms with E-state index >= 15 is 0 Å². The van der Waals surface area contributed by atoms with Crippen molar-refractivity contribution in [2.75, 3.05) is 13.1 Å². The van der Waals surface area contributed by atoms with Crippen molar-refractivity contribution in [3.8, 4) is 0 Å². The molecule has 0 saturated carbocycles. The van der Waals surface area contributed by atoms with E-state index in [1.807, 2.05) is 39.0 Å². The Morgan fingerprint density at radius 2 is 2.04 bits per heavy atom. The number of hydrogen-bond acceptors (Lipinski definition) is 4. The van der Waals surface area contributed by atoms with E-state index < -0.39 is 5.60 Å². The Balaban J connectivity index is 1.83. The van der Waals surface area contributed by atoms with Crippen LogP contribution >= 0.6 is 0 Å². The van der Waals surface area contributed by atoms with Crippen molar-refractivity contribution in [1.29, 1.82) is 0 Å². The highest BCUT2D eigenvalue weighted by atomic mass is 16.6. The zero-order valence-corrected chi connectivity index (χ0v) is 14.5. The Hall–Kier alpha value is -2.50. The van der Waals surface area contributed by atoms with Crippen LogP contribution in [0.1, 0.15) is 32.8 Å². The number of benzene rings is 1. The maximum Gasteiger partial charge on any atom is 0.419 e. The highest BCUT2D eigenvalue weighted by molar-refractivity contribution is 5.81. The maximum atomic E-state index is 12.3. The Kier molecular flexibility index (Phi) is 3.99. The fourth-order valence-electron chi connectivity index (χ4n) is 2.77. The van der Waals surface area contributed by atoms with Crippen LogP contribution in [-0.2, 0) is 11.8 Å². The van der Waals surface area contributed by atoms with Crippen molar-refractivity contribution < 1.29 is 13.9 Å². The predicted octanol–water partition coefficient (Wildman–Crippen LogP) is 3.16. The molecule has 0 N–H and O–H groups in total. The zero-order chi connectivity index (χ0) is 17.5. The molecule has 1 aromatic heterocycles. The van der Waals surface area contributed by atoms with Crippen LogP contribution in [0.2, 0.25) is 0 Å². The number of ether oxygens (including phenoxy) is 1. The topological polar surface area (TPSA) is 64.7 Å². The lowest BCUT2D eigenvalue weighted by molar-refractivity contribution is 0.0273. The number of hydrogen-bond donors (Lipinski definition) is 0. The molecule has 24 heavy (non-hydrogen) atoms. The molecule has 3 rings (SSSR count). The van der Waals surface area contributed by atoms with Gasteiger partial charge in [-0.2, -0.15) is 0 Å². The Bertz CT molecular complexity index is 867. The fourth-order valence-corrected chi connectivity index (χ4v) is 2.77. The molecule has 0 fully saturated rings. The molecule has 1 aromatic carbocycles. The number of aryl methyl sites for hydroxylation is 1. The first-order valence-corrected chi connectivity index (χ1v) is 8.01. The Morgan fingerprint density at radius 1 is 1.29 bits per heavy atom. The second kappa shape index (κ2) is 5.85. The molecule has 6 heteroatoms. The summed E-state index contributed by atoms with van der Waals surface area (Å²) in [5.74, 6) is -0.379. The predicted molar refractivity (Wildman–Crippen MR) is 91.9 cm³/mol. The van der Waals surface area contributed by atoms with E-state index in [-0.39, 0.29) is 11.8 Å². The Morgan fingerprint density at radius 3 is 2.75 bits per heavy atom. The van der Waals surface area contributed by atoms with Crippen LogP contribution in [0.4, 0.5) is 4.79 Å². The second-order valence-electron chi connectivity index (χ2n) is 7.03. The van der Waals surface area contributed by atoms with Gasteiger partial charge in [0.05, 0.1) is 5.52 Å². The first-order chi connectivity index (χ1) is 11.2. The normalized spacial score (nSPS) is 15.5. The molecule has 1 amide bonds. The number of carbonyl (C=O) groups excluding carboxylic acids is 1. The van der Waals surface area contributed by atoms with Crippen LogP contribution in [0.5, 0.6) is 0 Å². The van der Waals surface area contributed by atoms with Crippen LogP contribution < -0.4 is 5.76 Å². The monoisotopic (exact) mass is 330 g/mol. The third-order valence-electron chi connectivity index (χ3n) is 3.97. The van der Waals surface area contributed by atoms with E-state index in [0.717, 1.165) is 23.1 Å². The lowest BCUT2D eigenvalue weighted by Gasteiger charge is -2.30. The third-order valence-corrected chi connectivity index (χ3v) is 3.97. The minimum atomic E-state index is -0.509. The third kappa shape index (κ3) is 3.22. The molecule has 0 atom stereocenters. The van der Waals surface area contributed by atoms with Crippen molar-refractivity contribution in [3.63, 3.8) is 0 Å². The molecule has 0 radical (unpaired) electrons. The molecule has 0 aliphatic carbocycles. The van der Waals surface area contributed by atoms with E-state index in [4.69, 9.17) is 9.15 Å². The van der Waals surface area contributed by atoms with Gasteiger partial charge in [-0.15, -0.1) is 0 Å². The van der Waals surface area contributed by atoms with Gasteiger partial charge in [-0.1, -0.05) is 12.1 Å². The highest BCUT2D eigenvalue weighted by Crippen LogP contribution is 2.25. The molecule has 128 valence electrons. The molecule has 2 heterocycles. The molecule has 0 unspecified atom stereocenters. The fraction of sp³-hybridized carbons (Fsp3) is 0.444. The lowest BCUT2D eigenvalue weighted by Crippen LogP contribution is -2.39. The summed E-state index contributed by atoms with van der Waals surface area (Å²) in [5, 5.41) is 0. The van der Waals surface area contributed by atoms with E-state index in [0.29, 0.717) is 18.7 Å². The molecule has 0 saturated heterocycles. The van der Waals surface area contributed by atoms with Crippen LogP contribution in [0, 0.1) is 0 Å². The standard InChI is InChI=1S/C18H22N2O4/c1-18(2,3)24-17(22)20-9-5-6-13(11-20)12-7-8-14-15(10-12)23-16(21)19(14)4/h6-8,10H,5,9,11H2,1-4H3. The number of aromatic nitrogens is 1. The summed E-state index contributed by atoms with van der Waals surface area (Å²) in [6.45, 7) is 6.70. The van der Waals surface area contributed by atoms with Crippen LogP contribution in [0.3, 0.4) is 0 Å². The summed E-state index contributed by atoms with van der Waals surface area (Å²) in [4.78, 5) is 25.6. The zero-order valence-electron chi connectivity index (χ0n) is 14.5. The Labute approximate surface area is 140 Å². The van der Waals surface area contributed by atoms with Crippen molar-refractivity contribution in [2.45, 2.75) is 32.8 Å². The van der Waals surface area contributed by atoms with E-state index in [1.165, 1.54) is 4.57 Å². The summed E-state index contributed by atoms with van der Waals surface area (Å²) < 4.78 is 12.2. The van der Waals surface area contributed by atoms with Crippen LogP contribution in [0.25, 0.3) is 16.7 Å². The summed E-state index contributed by atoms with van der Waals surface area (Å²) in [5.41, 5.74) is 2.77. The van der Waals surface area contributed by atoms with Gasteiger partial charge in [0.15, 0.2) is 5.58 Å². The largest absolute Gasteiger partial charge is 0.444 e. The number of rotatable bonds is 1. The first kappa shape index (κ1) is 16.4. The number of nitrogens with zero attached hydrogens (tertiary/aromatic N) is 2. The summed E-state index contributed by atoms with van der Waals surface area (Å²) >= 11 is 0. The second-order valence-corrected chi connectivity index (χ2v) is 7.03.